The van der Waals surface area contributed by atoms with Crippen LogP contribution in [0.15, 0.2) is 0 Å². The fourth-order valence-corrected chi connectivity index (χ4v) is 6.62. The molecule has 0 aliphatic rings. The van der Waals surface area contributed by atoms with E-state index in [0.29, 0.717) is 19.8 Å². The lowest BCUT2D eigenvalue weighted by molar-refractivity contribution is 0.0727. The van der Waals surface area contributed by atoms with Gasteiger partial charge in [0.15, 0.2) is 0 Å². The highest BCUT2D eigenvalue weighted by molar-refractivity contribution is 7.94. The van der Waals surface area contributed by atoms with Crippen molar-refractivity contribution in [2.24, 2.45) is 0 Å². The molecule has 0 atom stereocenters. The Labute approximate surface area is 168 Å². The summed E-state index contributed by atoms with van der Waals surface area (Å²) in [6.45, 7) is 11.0. The maximum absolute atomic E-state index is 5.85. The van der Waals surface area contributed by atoms with Gasteiger partial charge in [-0.05, 0) is 39.2 Å². The fraction of sp³-hybridized carbons (Fsp3) is 1.00. The highest BCUT2D eigenvalue weighted by Gasteiger charge is 2.39. The topological polar surface area (TPSA) is 36.9 Å². The minimum atomic E-state index is -2.50. The van der Waals surface area contributed by atoms with Gasteiger partial charge in [0.25, 0.3) is 0 Å². The maximum atomic E-state index is 5.85. The van der Waals surface area contributed by atoms with Gasteiger partial charge in [-0.3, -0.25) is 0 Å². The van der Waals surface area contributed by atoms with Crippen LogP contribution in [0.4, 0.5) is 0 Å². The molecule has 6 heteroatoms. The van der Waals surface area contributed by atoms with Gasteiger partial charge < -0.3 is 17.5 Å². The summed E-state index contributed by atoms with van der Waals surface area (Å²) in [4.78, 5) is 0. The van der Waals surface area contributed by atoms with E-state index in [0.717, 1.165) is 24.8 Å². The monoisotopic (exact) mass is 408 g/mol. The molecule has 0 aromatic heterocycles. The number of hydrogen-bond acceptors (Lipinski definition) is 5. The van der Waals surface area contributed by atoms with Crippen molar-refractivity contribution < 1.29 is 17.5 Å². The van der Waals surface area contributed by atoms with Crippen LogP contribution in [0.5, 0.6) is 0 Å². The Bertz CT molecular complexity index is 266. The van der Waals surface area contributed by atoms with Gasteiger partial charge in [-0.25, -0.2) is 0 Å². The Hall–Kier alpha value is 0.407. The van der Waals surface area contributed by atoms with E-state index >= 15 is 0 Å². The molecular weight excluding hydrogens is 364 g/mol. The third kappa shape index (κ3) is 15.5. The maximum Gasteiger partial charge on any atom is 0.501 e. The Morgan fingerprint density at radius 2 is 1.08 bits per heavy atom. The smallest absolute Gasteiger partial charge is 0.374 e. The molecule has 0 amide bonds. The summed E-state index contributed by atoms with van der Waals surface area (Å²) in [6, 6.07) is 0.811. The van der Waals surface area contributed by atoms with Crippen molar-refractivity contribution in [3.63, 3.8) is 0 Å². The van der Waals surface area contributed by atoms with Crippen LogP contribution < -0.4 is 0 Å². The third-order valence-corrected chi connectivity index (χ3v) is 8.36. The van der Waals surface area contributed by atoms with Crippen LogP contribution in [-0.4, -0.2) is 41.0 Å². The van der Waals surface area contributed by atoms with Crippen LogP contribution in [0, 0.1) is 0 Å². The Balaban J connectivity index is 3.52. The summed E-state index contributed by atoms with van der Waals surface area (Å²) in [5.41, 5.74) is 0. The van der Waals surface area contributed by atoms with E-state index in [1.165, 1.54) is 69.8 Å². The predicted octanol–water partition coefficient (Wildman–Crippen LogP) is 6.62. The standard InChI is InChI=1S/C20H44O4SSi/c1-5-9-10-11-12-13-14-15-16-17-18-21-25-19-20-26(22-6-2,23-7-3)24-8-4/h5-20H2,1-4H3. The third-order valence-electron chi connectivity index (χ3n) is 4.25. The van der Waals surface area contributed by atoms with Crippen LogP contribution in [0.3, 0.4) is 0 Å². The van der Waals surface area contributed by atoms with Gasteiger partial charge >= 0.3 is 8.80 Å². The van der Waals surface area contributed by atoms with Crippen LogP contribution in [0.2, 0.25) is 6.04 Å². The molecule has 0 saturated heterocycles. The number of rotatable bonds is 21. The molecule has 4 nitrogen and oxygen atoms in total. The molecule has 0 aliphatic heterocycles. The van der Waals surface area contributed by atoms with Crippen LogP contribution in [-0.2, 0) is 17.5 Å². The summed E-state index contributed by atoms with van der Waals surface area (Å²) in [7, 11) is -2.50. The molecule has 0 unspecified atom stereocenters. The highest BCUT2D eigenvalue weighted by Crippen LogP contribution is 2.20. The van der Waals surface area contributed by atoms with Gasteiger partial charge in [-0.1, -0.05) is 64.7 Å². The SMILES string of the molecule is CCCCCCCCCCCCOSCC[Si](OCC)(OCC)OCC. The number of unbranched alkanes of at least 4 members (excludes halogenated alkanes) is 9. The predicted molar refractivity (Wildman–Crippen MR) is 116 cm³/mol. The average molecular weight is 409 g/mol. The molecular formula is C20H44O4SSi. The zero-order valence-corrected chi connectivity index (χ0v) is 19.7. The molecule has 158 valence electrons. The lowest BCUT2D eigenvalue weighted by Crippen LogP contribution is -2.46. The van der Waals surface area contributed by atoms with E-state index in [4.69, 9.17) is 17.5 Å². The van der Waals surface area contributed by atoms with Gasteiger partial charge in [0.2, 0.25) is 0 Å². The normalized spacial score (nSPS) is 12.0. The molecule has 0 bridgehead atoms. The Morgan fingerprint density at radius 1 is 0.615 bits per heavy atom. The largest absolute Gasteiger partial charge is 0.501 e. The fourth-order valence-electron chi connectivity index (χ4n) is 2.93. The molecule has 0 aromatic rings. The summed E-state index contributed by atoms with van der Waals surface area (Å²) < 4.78 is 23.3. The highest BCUT2D eigenvalue weighted by atomic mass is 32.2. The summed E-state index contributed by atoms with van der Waals surface area (Å²) >= 11 is 1.53. The van der Waals surface area contributed by atoms with Gasteiger partial charge in [0.05, 0.1) is 6.61 Å². The van der Waals surface area contributed by atoms with E-state index < -0.39 is 8.80 Å². The molecule has 0 radical (unpaired) electrons. The molecule has 0 rings (SSSR count). The van der Waals surface area contributed by atoms with Gasteiger partial charge in [-0.2, -0.15) is 0 Å². The van der Waals surface area contributed by atoms with E-state index in [1.807, 2.05) is 20.8 Å². The summed E-state index contributed by atoms with van der Waals surface area (Å²) in [5.74, 6) is 0.865. The molecule has 0 aliphatic carbocycles. The first-order valence-electron chi connectivity index (χ1n) is 10.9. The first-order valence-corrected chi connectivity index (χ1v) is 13.7. The van der Waals surface area contributed by atoms with Crippen LogP contribution in [0.25, 0.3) is 0 Å². The van der Waals surface area contributed by atoms with Crippen molar-refractivity contribution in [1.29, 1.82) is 0 Å². The van der Waals surface area contributed by atoms with Gasteiger partial charge in [0, 0.05) is 31.6 Å². The van der Waals surface area contributed by atoms with E-state index in [9.17, 15) is 0 Å². The zero-order valence-electron chi connectivity index (χ0n) is 17.9. The minimum absolute atomic E-state index is 0.635. The molecule has 0 saturated carbocycles. The van der Waals surface area contributed by atoms with Crippen molar-refractivity contribution in [1.82, 2.24) is 0 Å². The Kier molecular flexibility index (Phi) is 20.5. The first-order chi connectivity index (χ1) is 12.7. The molecule has 0 aromatic carbocycles. The second-order valence-electron chi connectivity index (χ2n) is 6.56. The van der Waals surface area contributed by atoms with Gasteiger partial charge in [0.1, 0.15) is 0 Å². The van der Waals surface area contributed by atoms with Crippen LogP contribution in [0.1, 0.15) is 91.9 Å². The first kappa shape index (κ1) is 26.4. The van der Waals surface area contributed by atoms with Crippen molar-refractivity contribution in [3.8, 4) is 0 Å². The molecule has 0 fully saturated rings. The molecule has 26 heavy (non-hydrogen) atoms. The zero-order chi connectivity index (χ0) is 19.3. The van der Waals surface area contributed by atoms with Crippen LogP contribution >= 0.6 is 12.0 Å². The van der Waals surface area contributed by atoms with Crippen molar-refractivity contribution >= 4 is 20.8 Å². The van der Waals surface area contributed by atoms with Gasteiger partial charge in [-0.15, -0.1) is 0 Å². The Morgan fingerprint density at radius 3 is 1.54 bits per heavy atom. The van der Waals surface area contributed by atoms with E-state index in [1.54, 1.807) is 0 Å². The lowest BCUT2D eigenvalue weighted by atomic mass is 10.1. The number of hydrogen-bond donors (Lipinski definition) is 0. The molecule has 0 N–H and O–H groups in total. The van der Waals surface area contributed by atoms with Crippen molar-refractivity contribution in [3.05, 3.63) is 0 Å². The van der Waals surface area contributed by atoms with Crippen molar-refractivity contribution in [2.45, 2.75) is 97.9 Å². The van der Waals surface area contributed by atoms with Crippen molar-refractivity contribution in [2.75, 3.05) is 32.2 Å². The van der Waals surface area contributed by atoms with E-state index in [2.05, 4.69) is 6.92 Å². The second-order valence-corrected chi connectivity index (χ2v) is 10.2. The molecule has 0 heterocycles. The minimum Gasteiger partial charge on any atom is -0.374 e. The second kappa shape index (κ2) is 20.1. The van der Waals surface area contributed by atoms with E-state index in [-0.39, 0.29) is 0 Å². The average Bonchev–Trinajstić information content (AvgIpc) is 2.63. The summed E-state index contributed by atoms with van der Waals surface area (Å²) in [5, 5.41) is 0. The molecule has 0 spiro atoms. The summed E-state index contributed by atoms with van der Waals surface area (Å²) in [6.07, 6.45) is 13.6. The quantitative estimate of drug-likeness (QED) is 0.121. The lowest BCUT2D eigenvalue weighted by Gasteiger charge is -2.28.